The Morgan fingerprint density at radius 1 is 1.28 bits per heavy atom. The van der Waals surface area contributed by atoms with E-state index in [9.17, 15) is 9.90 Å². The van der Waals surface area contributed by atoms with Gasteiger partial charge in [-0.1, -0.05) is 26.0 Å². The SMILES string of the molecule is CC(C)C(O)(COc1ccc2cc(C(N)=O)ccc2c1)c1cnc[nH]1. The molecule has 1 unspecified atom stereocenters. The molecule has 0 aliphatic rings. The molecule has 0 spiro atoms. The fourth-order valence-corrected chi connectivity index (χ4v) is 2.71. The molecule has 0 aliphatic carbocycles. The maximum absolute atomic E-state index is 11.3. The summed E-state index contributed by atoms with van der Waals surface area (Å²) in [7, 11) is 0. The van der Waals surface area contributed by atoms with Crippen LogP contribution in [0.25, 0.3) is 10.8 Å². The number of amides is 1. The van der Waals surface area contributed by atoms with Gasteiger partial charge in [-0.3, -0.25) is 4.79 Å². The lowest BCUT2D eigenvalue weighted by Gasteiger charge is -2.30. The number of carbonyl (C=O) groups is 1. The summed E-state index contributed by atoms with van der Waals surface area (Å²) in [6.45, 7) is 3.95. The molecule has 0 fully saturated rings. The molecule has 3 aromatic rings. The van der Waals surface area contributed by atoms with E-state index in [4.69, 9.17) is 10.5 Å². The zero-order chi connectivity index (χ0) is 18.0. The fraction of sp³-hybridized carbons (Fsp3) is 0.263. The van der Waals surface area contributed by atoms with Crippen LogP contribution in [0.5, 0.6) is 5.75 Å². The molecular weight excluding hydrogens is 318 g/mol. The van der Waals surface area contributed by atoms with Gasteiger partial charge in [0.15, 0.2) is 0 Å². The zero-order valence-corrected chi connectivity index (χ0v) is 14.2. The van der Waals surface area contributed by atoms with Gasteiger partial charge in [-0.05, 0) is 41.0 Å². The van der Waals surface area contributed by atoms with E-state index < -0.39 is 11.5 Å². The molecule has 0 radical (unpaired) electrons. The van der Waals surface area contributed by atoms with Gasteiger partial charge in [0.1, 0.15) is 18.0 Å². The van der Waals surface area contributed by atoms with Gasteiger partial charge in [0.25, 0.3) is 0 Å². The van der Waals surface area contributed by atoms with Crippen LogP contribution in [0.1, 0.15) is 29.9 Å². The number of aliphatic hydroxyl groups is 1. The summed E-state index contributed by atoms with van der Waals surface area (Å²) in [5, 5.41) is 12.8. The highest BCUT2D eigenvalue weighted by Crippen LogP contribution is 2.30. The number of aromatic amines is 1. The summed E-state index contributed by atoms with van der Waals surface area (Å²) in [5.41, 5.74) is 5.23. The van der Waals surface area contributed by atoms with Crippen molar-refractivity contribution in [3.8, 4) is 5.75 Å². The number of imidazole rings is 1. The van der Waals surface area contributed by atoms with Crippen molar-refractivity contribution in [1.82, 2.24) is 9.97 Å². The third kappa shape index (κ3) is 3.34. The number of nitrogens with two attached hydrogens (primary N) is 1. The van der Waals surface area contributed by atoms with Crippen molar-refractivity contribution in [3.63, 3.8) is 0 Å². The van der Waals surface area contributed by atoms with E-state index in [0.717, 1.165) is 10.8 Å². The van der Waals surface area contributed by atoms with Gasteiger partial charge >= 0.3 is 0 Å². The van der Waals surface area contributed by atoms with Crippen LogP contribution in [0.4, 0.5) is 0 Å². The summed E-state index contributed by atoms with van der Waals surface area (Å²) in [6.07, 6.45) is 3.14. The molecule has 1 amide bonds. The lowest BCUT2D eigenvalue weighted by Crippen LogP contribution is -2.38. The molecule has 2 aromatic carbocycles. The van der Waals surface area contributed by atoms with Gasteiger partial charge in [0, 0.05) is 5.56 Å². The van der Waals surface area contributed by atoms with Gasteiger partial charge < -0.3 is 20.6 Å². The average molecular weight is 339 g/mol. The van der Waals surface area contributed by atoms with E-state index in [2.05, 4.69) is 9.97 Å². The molecule has 0 bridgehead atoms. The number of primary amides is 1. The van der Waals surface area contributed by atoms with Gasteiger partial charge in [-0.2, -0.15) is 0 Å². The molecule has 3 rings (SSSR count). The molecule has 6 nitrogen and oxygen atoms in total. The molecule has 1 heterocycles. The lowest BCUT2D eigenvalue weighted by atomic mass is 9.88. The number of benzene rings is 2. The lowest BCUT2D eigenvalue weighted by molar-refractivity contribution is -0.0517. The Hall–Kier alpha value is -2.86. The van der Waals surface area contributed by atoms with E-state index in [0.29, 0.717) is 17.0 Å². The first-order chi connectivity index (χ1) is 11.9. The fourth-order valence-electron chi connectivity index (χ4n) is 2.71. The molecule has 0 saturated heterocycles. The summed E-state index contributed by atoms with van der Waals surface area (Å²) in [5.74, 6) is 0.119. The van der Waals surface area contributed by atoms with Crippen LogP contribution >= 0.6 is 0 Å². The Labute approximate surface area is 145 Å². The number of carbonyl (C=O) groups excluding carboxylic acids is 1. The van der Waals surface area contributed by atoms with Gasteiger partial charge in [0.2, 0.25) is 5.91 Å². The average Bonchev–Trinajstić information content (AvgIpc) is 3.14. The topological polar surface area (TPSA) is 101 Å². The van der Waals surface area contributed by atoms with E-state index in [1.165, 1.54) is 6.33 Å². The van der Waals surface area contributed by atoms with Crippen molar-refractivity contribution in [2.45, 2.75) is 19.4 Å². The number of hydrogen-bond acceptors (Lipinski definition) is 4. The number of H-pyrrole nitrogens is 1. The standard InChI is InChI=1S/C19H21N3O3/c1-12(2)19(24,17-9-21-11-22-17)10-25-16-6-5-13-7-15(18(20)23)4-3-14(13)8-16/h3-9,11-12,24H,10H2,1-2H3,(H2,20,23)(H,21,22). The van der Waals surface area contributed by atoms with Crippen LogP contribution in [-0.4, -0.2) is 27.6 Å². The summed E-state index contributed by atoms with van der Waals surface area (Å²) < 4.78 is 5.85. The van der Waals surface area contributed by atoms with Crippen LogP contribution in [0.3, 0.4) is 0 Å². The number of ether oxygens (including phenoxy) is 1. The maximum Gasteiger partial charge on any atom is 0.248 e. The molecule has 0 saturated carbocycles. The second-order valence-electron chi connectivity index (χ2n) is 6.42. The molecule has 6 heteroatoms. The largest absolute Gasteiger partial charge is 0.490 e. The van der Waals surface area contributed by atoms with Crippen LogP contribution in [0.15, 0.2) is 48.9 Å². The number of aromatic nitrogens is 2. The van der Waals surface area contributed by atoms with Crippen molar-refractivity contribution in [1.29, 1.82) is 0 Å². The van der Waals surface area contributed by atoms with Crippen molar-refractivity contribution in [2.75, 3.05) is 6.61 Å². The van der Waals surface area contributed by atoms with Crippen LogP contribution < -0.4 is 10.5 Å². The molecule has 4 N–H and O–H groups in total. The number of nitrogens with zero attached hydrogens (tertiary/aromatic N) is 1. The minimum absolute atomic E-state index is 0.0634. The number of hydrogen-bond donors (Lipinski definition) is 3. The highest BCUT2D eigenvalue weighted by molar-refractivity contribution is 5.97. The second kappa shape index (κ2) is 6.57. The maximum atomic E-state index is 11.3. The summed E-state index contributed by atoms with van der Waals surface area (Å²) >= 11 is 0. The Balaban J connectivity index is 1.83. The van der Waals surface area contributed by atoms with Crippen LogP contribution in [0.2, 0.25) is 0 Å². The monoisotopic (exact) mass is 339 g/mol. The van der Waals surface area contributed by atoms with Crippen molar-refractivity contribution in [3.05, 3.63) is 60.2 Å². The number of fused-ring (bicyclic) bond motifs is 1. The smallest absolute Gasteiger partial charge is 0.248 e. The van der Waals surface area contributed by atoms with Crippen molar-refractivity contribution >= 4 is 16.7 Å². The first-order valence-electron chi connectivity index (χ1n) is 8.08. The Morgan fingerprint density at radius 3 is 2.64 bits per heavy atom. The summed E-state index contributed by atoms with van der Waals surface area (Å²) in [6, 6.07) is 10.8. The van der Waals surface area contributed by atoms with E-state index in [1.54, 1.807) is 24.4 Å². The van der Waals surface area contributed by atoms with E-state index in [1.807, 2.05) is 32.0 Å². The Kier molecular flexibility index (Phi) is 4.46. The molecule has 1 atom stereocenters. The highest BCUT2D eigenvalue weighted by Gasteiger charge is 2.35. The zero-order valence-electron chi connectivity index (χ0n) is 14.2. The highest BCUT2D eigenvalue weighted by atomic mass is 16.5. The minimum atomic E-state index is -1.17. The first-order valence-corrected chi connectivity index (χ1v) is 8.08. The first kappa shape index (κ1) is 17.0. The van der Waals surface area contributed by atoms with E-state index >= 15 is 0 Å². The molecule has 130 valence electrons. The number of rotatable bonds is 6. The Morgan fingerprint density at radius 2 is 2.00 bits per heavy atom. The van der Waals surface area contributed by atoms with Crippen LogP contribution in [0, 0.1) is 5.92 Å². The van der Waals surface area contributed by atoms with Crippen LogP contribution in [-0.2, 0) is 5.60 Å². The van der Waals surface area contributed by atoms with Gasteiger partial charge in [-0.15, -0.1) is 0 Å². The second-order valence-corrected chi connectivity index (χ2v) is 6.42. The third-order valence-corrected chi connectivity index (χ3v) is 4.47. The molecule has 1 aromatic heterocycles. The van der Waals surface area contributed by atoms with Crippen molar-refractivity contribution < 1.29 is 14.6 Å². The van der Waals surface area contributed by atoms with E-state index in [-0.39, 0.29) is 12.5 Å². The quantitative estimate of drug-likeness (QED) is 0.642. The summed E-state index contributed by atoms with van der Waals surface area (Å²) in [4.78, 5) is 18.2. The Bertz CT molecular complexity index is 890. The third-order valence-electron chi connectivity index (χ3n) is 4.47. The predicted molar refractivity (Wildman–Crippen MR) is 95.3 cm³/mol. The normalized spacial score (nSPS) is 13.8. The predicted octanol–water partition coefficient (Wildman–Crippen LogP) is 2.58. The van der Waals surface area contributed by atoms with Crippen molar-refractivity contribution in [2.24, 2.45) is 11.7 Å². The molecule has 25 heavy (non-hydrogen) atoms. The molecule has 0 aliphatic heterocycles. The van der Waals surface area contributed by atoms with Gasteiger partial charge in [0.05, 0.1) is 18.2 Å². The number of nitrogens with one attached hydrogen (secondary N) is 1. The van der Waals surface area contributed by atoms with Gasteiger partial charge in [-0.25, -0.2) is 4.98 Å². The minimum Gasteiger partial charge on any atom is -0.490 e. The molecular formula is C19H21N3O3.